The SMILES string of the molecule is CCCCCCC[PH](CC)(CCCCC)CCCCCCC. The molecule has 0 atom stereocenters. The zero-order valence-corrected chi connectivity index (χ0v) is 17.5. The molecule has 0 aliphatic heterocycles. The van der Waals surface area contributed by atoms with Gasteiger partial charge in [0.2, 0.25) is 0 Å². The summed E-state index contributed by atoms with van der Waals surface area (Å²) in [6.07, 6.45) is 25.6. The predicted octanol–water partition coefficient (Wildman–Crippen LogP) is 7.89. The van der Waals surface area contributed by atoms with Crippen molar-refractivity contribution >= 4 is 7.26 Å². The second kappa shape index (κ2) is 16.3. The summed E-state index contributed by atoms with van der Waals surface area (Å²) < 4.78 is 0. The van der Waals surface area contributed by atoms with E-state index in [-0.39, 0.29) is 0 Å². The molecule has 0 amide bonds. The standard InChI is InChI=1S/C21H47P/c1-5-9-12-14-17-20-22(8-4,19-16-11-7-3)21-18-15-13-10-6-2/h22H,5-21H2,1-4H3. The Morgan fingerprint density at radius 2 is 0.727 bits per heavy atom. The van der Waals surface area contributed by atoms with E-state index in [1.165, 1.54) is 70.6 Å². The first kappa shape index (κ1) is 22.4. The van der Waals surface area contributed by atoms with Crippen molar-refractivity contribution < 1.29 is 0 Å². The van der Waals surface area contributed by atoms with Gasteiger partial charge < -0.3 is 0 Å². The van der Waals surface area contributed by atoms with Crippen LogP contribution in [0.5, 0.6) is 0 Å². The van der Waals surface area contributed by atoms with Crippen LogP contribution in [0, 0.1) is 0 Å². The van der Waals surface area contributed by atoms with Crippen LogP contribution in [0.15, 0.2) is 0 Å². The summed E-state index contributed by atoms with van der Waals surface area (Å²) in [5, 5.41) is 0. The molecule has 0 unspecified atom stereocenters. The van der Waals surface area contributed by atoms with E-state index in [2.05, 4.69) is 27.7 Å². The minimum absolute atomic E-state index is 0.927. The van der Waals surface area contributed by atoms with Gasteiger partial charge in [0.05, 0.1) is 0 Å². The van der Waals surface area contributed by atoms with Crippen molar-refractivity contribution in [3.8, 4) is 0 Å². The molecule has 136 valence electrons. The van der Waals surface area contributed by atoms with Gasteiger partial charge in [-0.05, 0) is 0 Å². The van der Waals surface area contributed by atoms with Crippen LogP contribution in [0.2, 0.25) is 0 Å². The Hall–Kier alpha value is 0.430. The quantitative estimate of drug-likeness (QED) is 0.188. The summed E-state index contributed by atoms with van der Waals surface area (Å²) in [6, 6.07) is 0. The zero-order valence-electron chi connectivity index (χ0n) is 16.5. The fourth-order valence-electron chi connectivity index (χ4n) is 3.86. The van der Waals surface area contributed by atoms with Crippen LogP contribution in [-0.4, -0.2) is 24.6 Å². The number of hydrogen-bond acceptors (Lipinski definition) is 0. The molecular weight excluding hydrogens is 283 g/mol. The van der Waals surface area contributed by atoms with E-state index in [0.717, 1.165) is 0 Å². The van der Waals surface area contributed by atoms with E-state index in [0.29, 0.717) is 0 Å². The van der Waals surface area contributed by atoms with Crippen molar-refractivity contribution in [2.45, 2.75) is 111 Å². The topological polar surface area (TPSA) is 0 Å². The van der Waals surface area contributed by atoms with Crippen LogP contribution in [0.1, 0.15) is 111 Å². The Labute approximate surface area is 143 Å². The summed E-state index contributed by atoms with van der Waals surface area (Å²) in [4.78, 5) is 0. The molecule has 0 fully saturated rings. The van der Waals surface area contributed by atoms with Crippen LogP contribution in [0.3, 0.4) is 0 Å². The van der Waals surface area contributed by atoms with Gasteiger partial charge in [0.15, 0.2) is 0 Å². The molecule has 0 N–H and O–H groups in total. The van der Waals surface area contributed by atoms with Crippen LogP contribution in [0.25, 0.3) is 0 Å². The molecule has 22 heavy (non-hydrogen) atoms. The van der Waals surface area contributed by atoms with Gasteiger partial charge in [0.1, 0.15) is 0 Å². The summed E-state index contributed by atoms with van der Waals surface area (Å²) in [5.74, 6) is 0. The van der Waals surface area contributed by atoms with E-state index in [4.69, 9.17) is 0 Å². The molecule has 0 aliphatic carbocycles. The van der Waals surface area contributed by atoms with Crippen molar-refractivity contribution in [1.82, 2.24) is 0 Å². The van der Waals surface area contributed by atoms with Gasteiger partial charge in [-0.2, -0.15) is 0 Å². The van der Waals surface area contributed by atoms with E-state index < -0.39 is 7.26 Å². The van der Waals surface area contributed by atoms with Crippen molar-refractivity contribution in [1.29, 1.82) is 0 Å². The van der Waals surface area contributed by atoms with Gasteiger partial charge in [-0.1, -0.05) is 0 Å². The normalized spacial score (nSPS) is 12.7. The van der Waals surface area contributed by atoms with Gasteiger partial charge in [0, 0.05) is 0 Å². The second-order valence-corrected chi connectivity index (χ2v) is 12.8. The predicted molar refractivity (Wildman–Crippen MR) is 111 cm³/mol. The minimum atomic E-state index is -0.927. The van der Waals surface area contributed by atoms with Gasteiger partial charge in [0.25, 0.3) is 0 Å². The molecule has 0 bridgehead atoms. The summed E-state index contributed by atoms with van der Waals surface area (Å²) in [6.45, 7) is 9.53. The Kier molecular flexibility index (Phi) is 16.6. The number of hydrogen-bond donors (Lipinski definition) is 0. The molecule has 0 aromatic rings. The van der Waals surface area contributed by atoms with Crippen molar-refractivity contribution in [2.75, 3.05) is 24.6 Å². The molecule has 0 aromatic heterocycles. The van der Waals surface area contributed by atoms with Gasteiger partial charge >= 0.3 is 143 Å². The van der Waals surface area contributed by atoms with Crippen molar-refractivity contribution in [3.05, 3.63) is 0 Å². The Morgan fingerprint density at radius 3 is 1.09 bits per heavy atom. The molecule has 0 spiro atoms. The molecule has 0 nitrogen and oxygen atoms in total. The van der Waals surface area contributed by atoms with Crippen molar-refractivity contribution in [3.63, 3.8) is 0 Å². The molecule has 0 aliphatic rings. The van der Waals surface area contributed by atoms with E-state index in [9.17, 15) is 0 Å². The Morgan fingerprint density at radius 1 is 0.409 bits per heavy atom. The monoisotopic (exact) mass is 330 g/mol. The maximum atomic E-state index is 2.52. The van der Waals surface area contributed by atoms with Gasteiger partial charge in [-0.3, -0.25) is 0 Å². The van der Waals surface area contributed by atoms with Crippen molar-refractivity contribution in [2.24, 2.45) is 0 Å². The van der Waals surface area contributed by atoms with Crippen LogP contribution in [-0.2, 0) is 0 Å². The Bertz CT molecular complexity index is 198. The summed E-state index contributed by atoms with van der Waals surface area (Å²) >= 11 is 0. The van der Waals surface area contributed by atoms with E-state index >= 15 is 0 Å². The van der Waals surface area contributed by atoms with Crippen LogP contribution < -0.4 is 0 Å². The zero-order chi connectivity index (χ0) is 16.5. The number of unbranched alkanes of at least 4 members (excludes halogenated alkanes) is 10. The first-order chi connectivity index (χ1) is 10.7. The fourth-order valence-corrected chi connectivity index (χ4v) is 8.67. The van der Waals surface area contributed by atoms with Gasteiger partial charge in [-0.25, -0.2) is 0 Å². The molecule has 0 radical (unpaired) electrons. The third-order valence-electron chi connectivity index (χ3n) is 5.68. The average molecular weight is 331 g/mol. The first-order valence-corrected chi connectivity index (χ1v) is 13.6. The number of rotatable bonds is 17. The molecule has 0 heterocycles. The maximum absolute atomic E-state index is 2.52. The Balaban J connectivity index is 4.18. The van der Waals surface area contributed by atoms with E-state index in [1.807, 2.05) is 0 Å². The van der Waals surface area contributed by atoms with Crippen LogP contribution in [0.4, 0.5) is 0 Å². The summed E-state index contributed by atoms with van der Waals surface area (Å²) in [5.41, 5.74) is 0. The third-order valence-corrected chi connectivity index (χ3v) is 11.4. The third kappa shape index (κ3) is 11.9. The van der Waals surface area contributed by atoms with E-state index in [1.54, 1.807) is 37.5 Å². The molecular formula is C21H47P. The summed E-state index contributed by atoms with van der Waals surface area (Å²) in [7, 11) is -0.927. The molecule has 1 heteroatoms. The van der Waals surface area contributed by atoms with Crippen LogP contribution >= 0.6 is 7.26 Å². The average Bonchev–Trinajstić information content (AvgIpc) is 2.54. The first-order valence-electron chi connectivity index (χ1n) is 10.7. The fraction of sp³-hybridized carbons (Fsp3) is 1.00. The molecule has 0 rings (SSSR count). The molecule has 0 saturated carbocycles. The van der Waals surface area contributed by atoms with Gasteiger partial charge in [-0.15, -0.1) is 0 Å². The molecule has 0 aromatic carbocycles. The second-order valence-electron chi connectivity index (χ2n) is 7.64. The molecule has 0 saturated heterocycles.